The van der Waals surface area contributed by atoms with Gasteiger partial charge >= 0.3 is 5.97 Å². The minimum atomic E-state index is -4.29. The molecule has 0 spiro atoms. The minimum Gasteiger partial charge on any atom is -0.480 e. The number of nitrogens with one attached hydrogen (secondary N) is 1. The maximum absolute atomic E-state index is 13.4. The van der Waals surface area contributed by atoms with Gasteiger partial charge in [-0.3, -0.25) is 13.7 Å². The number of halogens is 2. The van der Waals surface area contributed by atoms with Crippen molar-refractivity contribution in [2.45, 2.75) is 23.8 Å². The van der Waals surface area contributed by atoms with Crippen molar-refractivity contribution in [2.75, 3.05) is 29.4 Å². The number of hydrogen-bond acceptors (Lipinski definition) is 7. The summed E-state index contributed by atoms with van der Waals surface area (Å²) in [5.74, 6) is -0.0620. The van der Waals surface area contributed by atoms with Crippen LogP contribution in [0.2, 0.25) is 10.0 Å². The van der Waals surface area contributed by atoms with Gasteiger partial charge in [0, 0.05) is 40.9 Å². The second-order valence-corrected chi connectivity index (χ2v) is 11.5. The third-order valence-electron chi connectivity index (χ3n) is 6.12. The highest BCUT2D eigenvalue weighted by Gasteiger charge is 2.28. The molecule has 2 aromatic carbocycles. The summed E-state index contributed by atoms with van der Waals surface area (Å²) in [6.45, 7) is 0.656. The van der Waals surface area contributed by atoms with Crippen LogP contribution in [0.25, 0.3) is 16.7 Å². The van der Waals surface area contributed by atoms with Gasteiger partial charge in [0.1, 0.15) is 12.4 Å². The molecule has 4 aromatic rings. The van der Waals surface area contributed by atoms with Gasteiger partial charge in [-0.25, -0.2) is 18.4 Å². The van der Waals surface area contributed by atoms with Gasteiger partial charge < -0.3 is 15.2 Å². The topological polar surface area (TPSA) is 127 Å². The fourth-order valence-corrected chi connectivity index (χ4v) is 6.43. The van der Waals surface area contributed by atoms with Crippen molar-refractivity contribution < 1.29 is 23.1 Å². The van der Waals surface area contributed by atoms with E-state index in [0.717, 1.165) is 35.9 Å². The number of hydrogen-bond donors (Lipinski definition) is 2. The first-order valence-corrected chi connectivity index (χ1v) is 13.9. The highest BCUT2D eigenvalue weighted by Crippen LogP contribution is 2.31. The maximum Gasteiger partial charge on any atom is 0.324 e. The first-order valence-electron chi connectivity index (χ1n) is 11.7. The number of aromatic nitrogens is 3. The van der Waals surface area contributed by atoms with E-state index >= 15 is 0 Å². The van der Waals surface area contributed by atoms with E-state index in [-0.39, 0.29) is 20.6 Å². The zero-order chi connectivity index (χ0) is 26.9. The SMILES string of the molecule is O=C(O)CN(c1ccc2c(ccn2-c2cnc(NC3CCOCC3)cn2)c1)S(=O)(=O)c1cc(Cl)cc(Cl)c1. The van der Waals surface area contributed by atoms with Crippen LogP contribution in [0.5, 0.6) is 0 Å². The van der Waals surface area contributed by atoms with E-state index in [1.54, 1.807) is 42.9 Å². The minimum absolute atomic E-state index is 0.119. The molecule has 10 nitrogen and oxygen atoms in total. The predicted octanol–water partition coefficient (Wildman–Crippen LogP) is 4.60. The van der Waals surface area contributed by atoms with Gasteiger partial charge in [0.15, 0.2) is 5.82 Å². The van der Waals surface area contributed by atoms with E-state index in [2.05, 4.69) is 15.3 Å². The van der Waals surface area contributed by atoms with Gasteiger partial charge in [0.25, 0.3) is 10.0 Å². The van der Waals surface area contributed by atoms with E-state index in [4.69, 9.17) is 27.9 Å². The number of anilines is 2. The molecule has 2 aromatic heterocycles. The Balaban J connectivity index is 1.45. The molecule has 3 heterocycles. The third kappa shape index (κ3) is 5.56. The molecule has 0 bridgehead atoms. The second kappa shape index (κ2) is 10.8. The second-order valence-electron chi connectivity index (χ2n) is 8.73. The molecule has 0 radical (unpaired) electrons. The highest BCUT2D eigenvalue weighted by atomic mass is 35.5. The lowest BCUT2D eigenvalue weighted by molar-refractivity contribution is -0.135. The fraction of sp³-hybridized carbons (Fsp3) is 0.240. The molecule has 38 heavy (non-hydrogen) atoms. The fourth-order valence-electron chi connectivity index (χ4n) is 4.30. The van der Waals surface area contributed by atoms with Crippen molar-refractivity contribution >= 4 is 61.6 Å². The number of carbonyl (C=O) groups is 1. The van der Waals surface area contributed by atoms with Crippen LogP contribution in [0.15, 0.2) is 66.0 Å². The Morgan fingerprint density at radius 2 is 1.82 bits per heavy atom. The third-order valence-corrected chi connectivity index (χ3v) is 8.31. The van der Waals surface area contributed by atoms with Crippen LogP contribution in [0.3, 0.4) is 0 Å². The van der Waals surface area contributed by atoms with E-state index in [1.807, 2.05) is 4.57 Å². The van der Waals surface area contributed by atoms with Crippen LogP contribution in [0, 0.1) is 0 Å². The number of rotatable bonds is 8. The molecule has 0 unspecified atom stereocenters. The molecule has 0 aliphatic carbocycles. The normalized spacial score (nSPS) is 14.5. The number of fused-ring (bicyclic) bond motifs is 1. The van der Waals surface area contributed by atoms with Crippen LogP contribution < -0.4 is 9.62 Å². The molecule has 13 heteroatoms. The molecule has 0 atom stereocenters. The smallest absolute Gasteiger partial charge is 0.324 e. The number of nitrogens with zero attached hydrogens (tertiary/aromatic N) is 4. The summed E-state index contributed by atoms with van der Waals surface area (Å²) in [5.41, 5.74) is 0.919. The van der Waals surface area contributed by atoms with E-state index in [9.17, 15) is 18.3 Å². The molecule has 198 valence electrons. The summed E-state index contributed by atoms with van der Waals surface area (Å²) in [5, 5.41) is 13.8. The van der Waals surface area contributed by atoms with Gasteiger partial charge in [-0.2, -0.15) is 0 Å². The van der Waals surface area contributed by atoms with Gasteiger partial charge in [0.2, 0.25) is 0 Å². The summed E-state index contributed by atoms with van der Waals surface area (Å²) in [6, 6.07) is 10.8. The van der Waals surface area contributed by atoms with Crippen molar-refractivity contribution in [3.05, 3.63) is 71.1 Å². The number of ether oxygens (including phenoxy) is 1. The molecule has 1 aliphatic rings. The van der Waals surface area contributed by atoms with Gasteiger partial charge in [0.05, 0.1) is 28.5 Å². The Labute approximate surface area is 228 Å². The molecular formula is C25H23Cl2N5O5S. The quantitative estimate of drug-likeness (QED) is 0.312. The van der Waals surface area contributed by atoms with E-state index in [0.29, 0.717) is 23.1 Å². The van der Waals surface area contributed by atoms with E-state index in [1.165, 1.54) is 18.2 Å². The lowest BCUT2D eigenvalue weighted by Crippen LogP contribution is -2.35. The standard InChI is InChI=1S/C25H23Cl2N5O5S/c26-17-10-18(27)12-21(11-17)38(35,36)32(15-25(33)34)20-1-2-22-16(9-20)3-6-31(22)24-14-28-23(13-29-24)30-19-4-7-37-8-5-19/h1-3,6,9-14,19H,4-5,7-8,15H2,(H,28,30)(H,33,34). The van der Waals surface area contributed by atoms with Gasteiger partial charge in [-0.05, 0) is 55.3 Å². The lowest BCUT2D eigenvalue weighted by Gasteiger charge is -2.23. The van der Waals surface area contributed by atoms with Gasteiger partial charge in [-0.1, -0.05) is 23.2 Å². The molecule has 2 N–H and O–H groups in total. The number of aliphatic carboxylic acids is 1. The first kappa shape index (κ1) is 26.2. The monoisotopic (exact) mass is 575 g/mol. The summed E-state index contributed by atoms with van der Waals surface area (Å²) in [4.78, 5) is 20.4. The van der Waals surface area contributed by atoms with Crippen molar-refractivity contribution in [3.8, 4) is 5.82 Å². The van der Waals surface area contributed by atoms with Crippen molar-refractivity contribution in [3.63, 3.8) is 0 Å². The van der Waals surface area contributed by atoms with Crippen LogP contribution in [0.1, 0.15) is 12.8 Å². The molecule has 0 saturated carbocycles. The molecule has 1 saturated heterocycles. The first-order chi connectivity index (χ1) is 18.2. The number of carboxylic acids is 1. The predicted molar refractivity (Wildman–Crippen MR) is 145 cm³/mol. The lowest BCUT2D eigenvalue weighted by atomic mass is 10.1. The molecular weight excluding hydrogens is 553 g/mol. The zero-order valence-electron chi connectivity index (χ0n) is 19.9. The summed E-state index contributed by atoms with van der Waals surface area (Å²) >= 11 is 12.0. The van der Waals surface area contributed by atoms with E-state index < -0.39 is 22.5 Å². The summed E-state index contributed by atoms with van der Waals surface area (Å²) in [7, 11) is -4.29. The van der Waals surface area contributed by atoms with Crippen LogP contribution in [-0.4, -0.2) is 59.8 Å². The Kier molecular flexibility index (Phi) is 7.44. The largest absolute Gasteiger partial charge is 0.480 e. The molecule has 5 rings (SSSR count). The Morgan fingerprint density at radius 3 is 2.47 bits per heavy atom. The van der Waals surface area contributed by atoms with Crippen molar-refractivity contribution in [2.24, 2.45) is 0 Å². The van der Waals surface area contributed by atoms with Crippen molar-refractivity contribution in [1.29, 1.82) is 0 Å². The average Bonchev–Trinajstić information content (AvgIpc) is 3.31. The molecule has 1 aliphatic heterocycles. The van der Waals surface area contributed by atoms with Crippen LogP contribution in [-0.2, 0) is 19.6 Å². The number of sulfonamides is 1. The zero-order valence-corrected chi connectivity index (χ0v) is 22.2. The Hall–Kier alpha value is -3.38. The Morgan fingerprint density at radius 1 is 1.08 bits per heavy atom. The number of carboxylic acid groups (broad SMARTS) is 1. The summed E-state index contributed by atoms with van der Waals surface area (Å²) < 4.78 is 34.8. The van der Waals surface area contributed by atoms with Crippen LogP contribution in [0.4, 0.5) is 11.5 Å². The Bertz CT molecular complexity index is 1570. The van der Waals surface area contributed by atoms with Crippen molar-refractivity contribution in [1.82, 2.24) is 14.5 Å². The molecule has 1 fully saturated rings. The number of benzene rings is 2. The molecule has 0 amide bonds. The maximum atomic E-state index is 13.4. The summed E-state index contributed by atoms with van der Waals surface area (Å²) in [6.07, 6.45) is 6.93. The highest BCUT2D eigenvalue weighted by molar-refractivity contribution is 7.92. The van der Waals surface area contributed by atoms with Crippen LogP contribution >= 0.6 is 23.2 Å². The van der Waals surface area contributed by atoms with Gasteiger partial charge in [-0.15, -0.1) is 0 Å². The average molecular weight is 576 g/mol.